The standard InChI is InChI=1S/C81H39BF54O6/c1-61(55-28-37(64(83,84)85)4-7-52(55)79(128,129)130,58(31-10-40(67(92,93)94)22-41(11-31)68(95,96)97)32-12-42(69(98,99)100)23-43(13-32)70(101,102)103)137-140-82(141-138-62(2,56-29-38(65(86,87)88)5-8-53(56)80(131,132)133)59(33-14-44(71(104,105)106)24-45(15-33)72(107,108)109)34-16-46(73(110,111)112)25-47(17-34)74(113,114)115)142-139-63(3,57-30-39(66(89,90)91)6-9-54(57)81(134,135)136)60(35-18-48(75(116,117)118)26-49(19-35)76(119,120)121)36-20-50(77(122,123)124)27-51(21-36)78(125,126)127/h4-30,58-60H,1-3H3. The Morgan fingerprint density at radius 2 is 0.268 bits per heavy atom. The average Bonchev–Trinajstić information content (AvgIpc) is 0.732. The van der Waals surface area contributed by atoms with Crippen molar-refractivity contribution in [2.45, 2.75) is 167 Å². The number of halogens is 54. The van der Waals surface area contributed by atoms with Crippen molar-refractivity contribution in [3.63, 3.8) is 0 Å². The molecule has 0 aliphatic carbocycles. The highest BCUT2D eigenvalue weighted by atomic mass is 19.5. The van der Waals surface area contributed by atoms with Gasteiger partial charge in [0.2, 0.25) is 0 Å². The highest BCUT2D eigenvalue weighted by molar-refractivity contribution is 6.35. The van der Waals surface area contributed by atoms with Crippen LogP contribution >= 0.6 is 0 Å². The lowest BCUT2D eigenvalue weighted by atomic mass is 9.71. The van der Waals surface area contributed by atoms with E-state index >= 15 is 237 Å². The van der Waals surface area contributed by atoms with Gasteiger partial charge in [0, 0.05) is 34.4 Å². The number of alkyl halides is 54. The second kappa shape index (κ2) is 37.3. The van der Waals surface area contributed by atoms with Crippen molar-refractivity contribution in [2.75, 3.05) is 0 Å². The van der Waals surface area contributed by atoms with Crippen molar-refractivity contribution in [1.29, 1.82) is 0 Å². The fourth-order valence-corrected chi connectivity index (χ4v) is 14.7. The third kappa shape index (κ3) is 25.8. The maximum absolute atomic E-state index is 16.2. The summed E-state index contributed by atoms with van der Waals surface area (Å²) in [4.78, 5) is 28.7. The SMILES string of the molecule is CC(OOB(OOC(C)(c1cc(C(F)(F)F)ccc1C(F)(F)F)C(c1cc(C(F)(F)F)cc(C(F)(F)F)c1)c1cc(C(F)(F)F)cc(C(F)(F)F)c1)OOC(C)(c1cc(C(F)(F)F)ccc1C(F)(F)F)C(c1cc(C(F)(F)F)cc(C(F)(F)F)c1)c1cc(C(F)(F)F)cc(C(F)(F)F)c1)(c1cc(C(F)(F)F)ccc1C(F)(F)F)C(c1cc(C(F)(F)F)cc(C(F)(F)F)c1)c1cc(C(F)(F)F)cc(C(F)(F)F)c1. The van der Waals surface area contributed by atoms with Crippen molar-refractivity contribution in [2.24, 2.45) is 0 Å². The van der Waals surface area contributed by atoms with Gasteiger partial charge >= 0.3 is 118 Å². The zero-order valence-electron chi connectivity index (χ0n) is 67.8. The summed E-state index contributed by atoms with van der Waals surface area (Å²) in [6, 6.07) is -30.5. The average molecular weight is 2140 g/mol. The molecule has 780 valence electrons. The molecule has 3 atom stereocenters. The third-order valence-electron chi connectivity index (χ3n) is 20.8. The molecule has 0 aromatic heterocycles. The third-order valence-corrected chi connectivity index (χ3v) is 20.8. The van der Waals surface area contributed by atoms with Crippen LogP contribution in [-0.2, 0) is 157 Å². The van der Waals surface area contributed by atoms with E-state index in [1.54, 1.807) is 0 Å². The highest BCUT2D eigenvalue weighted by Gasteiger charge is 2.59. The molecule has 0 radical (unpaired) electrons. The van der Waals surface area contributed by atoms with Crippen molar-refractivity contribution >= 4 is 7.32 Å². The predicted molar refractivity (Wildman–Crippen MR) is 368 cm³/mol. The van der Waals surface area contributed by atoms with Crippen LogP contribution in [0.25, 0.3) is 0 Å². The monoisotopic (exact) mass is 2140 g/mol. The maximum atomic E-state index is 16.2. The Morgan fingerprint density at radius 1 is 0.148 bits per heavy atom. The molecule has 0 heterocycles. The Bertz CT molecular complexity index is 5090. The summed E-state index contributed by atoms with van der Waals surface area (Å²) in [5, 5.41) is 0. The minimum atomic E-state index is -6.98. The molecule has 0 bridgehead atoms. The Morgan fingerprint density at radius 3 is 0.373 bits per heavy atom. The minimum absolute atomic E-state index is 0.894. The molecule has 9 rings (SSSR count). The van der Waals surface area contributed by atoms with Crippen molar-refractivity contribution in [1.82, 2.24) is 0 Å². The van der Waals surface area contributed by atoms with E-state index in [4.69, 9.17) is 14.7 Å². The fraction of sp³-hybridized carbons (Fsp3) is 0.333. The highest BCUT2D eigenvalue weighted by Crippen LogP contribution is 2.60. The maximum Gasteiger partial charge on any atom is 0.725 e. The molecule has 0 aliphatic rings. The number of hydrogen-bond donors (Lipinski definition) is 0. The Hall–Kier alpha value is -11.0. The topological polar surface area (TPSA) is 55.4 Å². The molecule has 0 fully saturated rings. The van der Waals surface area contributed by atoms with Crippen LogP contribution in [-0.4, -0.2) is 7.32 Å². The van der Waals surface area contributed by atoms with Crippen LogP contribution < -0.4 is 0 Å². The molecule has 61 heteroatoms. The van der Waals surface area contributed by atoms with Crippen LogP contribution in [0.2, 0.25) is 0 Å². The first-order chi connectivity index (χ1) is 63.3. The first-order valence-electron chi connectivity index (χ1n) is 37.0. The summed E-state index contributed by atoms with van der Waals surface area (Å²) in [5.41, 5.74) is -100. The van der Waals surface area contributed by atoms with Crippen molar-refractivity contribution < 1.29 is 266 Å². The lowest BCUT2D eigenvalue weighted by Crippen LogP contribution is -2.45. The molecule has 0 spiro atoms. The second-order valence-corrected chi connectivity index (χ2v) is 30.8. The Labute approximate surface area is 752 Å². The molecular weight excluding hydrogens is 2110 g/mol. The van der Waals surface area contributed by atoms with Crippen LogP contribution in [0.3, 0.4) is 0 Å². The van der Waals surface area contributed by atoms with Gasteiger partial charge < -0.3 is 0 Å². The molecule has 9 aromatic carbocycles. The Balaban J connectivity index is 1.65. The van der Waals surface area contributed by atoms with Crippen LogP contribution in [0, 0.1) is 0 Å². The van der Waals surface area contributed by atoms with Gasteiger partial charge in [-0.25, -0.2) is 29.1 Å². The predicted octanol–water partition coefficient (Wildman–Crippen LogP) is 33.4. The summed E-state index contributed by atoms with van der Waals surface area (Å²) < 4.78 is 835. The van der Waals surface area contributed by atoms with Gasteiger partial charge in [-0.3, -0.25) is 0 Å². The van der Waals surface area contributed by atoms with Gasteiger partial charge in [0.05, 0.1) is 100 Å². The van der Waals surface area contributed by atoms with E-state index in [0.717, 1.165) is 0 Å². The lowest BCUT2D eigenvalue weighted by Gasteiger charge is -2.42. The van der Waals surface area contributed by atoms with Crippen molar-refractivity contribution in [3.8, 4) is 0 Å². The van der Waals surface area contributed by atoms with Crippen molar-refractivity contribution in [3.05, 3.63) is 314 Å². The van der Waals surface area contributed by atoms with Crippen LogP contribution in [0.15, 0.2) is 164 Å². The van der Waals surface area contributed by atoms with Gasteiger partial charge in [-0.2, -0.15) is 237 Å². The molecule has 0 saturated carbocycles. The minimum Gasteiger partial charge on any atom is -0.235 e. The van der Waals surface area contributed by atoms with Crippen LogP contribution in [0.1, 0.15) is 189 Å². The number of benzene rings is 9. The first kappa shape index (κ1) is 115. The number of rotatable bonds is 21. The molecule has 0 N–H and O–H groups in total. The summed E-state index contributed by atoms with van der Waals surface area (Å²) in [5.74, 6) is -14.1. The summed E-state index contributed by atoms with van der Waals surface area (Å²) in [7, 11) is -5.68. The van der Waals surface area contributed by atoms with E-state index in [1.165, 1.54) is 0 Å². The Kier molecular flexibility index (Phi) is 30.1. The quantitative estimate of drug-likeness (QED) is 0.0309. The van der Waals surface area contributed by atoms with Gasteiger partial charge in [-0.05, 0) is 218 Å². The zero-order valence-corrected chi connectivity index (χ0v) is 67.8. The van der Waals surface area contributed by atoms with Gasteiger partial charge in [0.15, 0.2) is 0 Å². The van der Waals surface area contributed by atoms with Crippen LogP contribution in [0.5, 0.6) is 0 Å². The largest absolute Gasteiger partial charge is 0.725 e. The lowest BCUT2D eigenvalue weighted by molar-refractivity contribution is -0.414. The van der Waals surface area contributed by atoms with Crippen LogP contribution in [0.4, 0.5) is 237 Å². The van der Waals surface area contributed by atoms with E-state index in [1.807, 2.05) is 0 Å². The number of hydrogen-bond acceptors (Lipinski definition) is 6. The smallest absolute Gasteiger partial charge is 0.235 e. The van der Waals surface area contributed by atoms with Gasteiger partial charge in [0.1, 0.15) is 16.8 Å². The normalized spacial score (nSPS) is 15.5. The van der Waals surface area contributed by atoms with Gasteiger partial charge in [-0.15, -0.1) is 0 Å². The molecule has 3 unspecified atom stereocenters. The van der Waals surface area contributed by atoms with E-state index in [0.29, 0.717) is 0 Å². The van der Waals surface area contributed by atoms with E-state index in [2.05, 4.69) is 14.4 Å². The van der Waals surface area contributed by atoms with E-state index in [9.17, 15) is 0 Å². The molecule has 9 aromatic rings. The molecular formula is C81H39BF54O6. The summed E-state index contributed by atoms with van der Waals surface area (Å²) >= 11 is 0. The second-order valence-electron chi connectivity index (χ2n) is 30.8. The molecule has 6 nitrogen and oxygen atoms in total. The van der Waals surface area contributed by atoms with E-state index in [-0.39, 0.29) is 0 Å². The first-order valence-corrected chi connectivity index (χ1v) is 37.0. The van der Waals surface area contributed by atoms with Gasteiger partial charge in [-0.1, -0.05) is 0 Å². The molecule has 0 aliphatic heterocycles. The van der Waals surface area contributed by atoms with E-state index < -0.39 is 488 Å². The summed E-state index contributed by atoms with van der Waals surface area (Å²) in [6.45, 7) is -2.68. The summed E-state index contributed by atoms with van der Waals surface area (Å²) in [6.07, 6.45) is -121. The molecule has 0 saturated heterocycles. The fourth-order valence-electron chi connectivity index (χ4n) is 14.7. The molecule has 142 heavy (non-hydrogen) atoms. The van der Waals surface area contributed by atoms with Gasteiger partial charge in [0.25, 0.3) is 0 Å². The molecule has 0 amide bonds. The zero-order chi connectivity index (χ0) is 109.